The lowest BCUT2D eigenvalue weighted by molar-refractivity contribution is 0.0460. The first-order valence-corrected chi connectivity index (χ1v) is 6.48. The number of hydrogen-bond acceptors (Lipinski definition) is 4. The molecule has 0 fully saturated rings. The van der Waals surface area contributed by atoms with Crippen LogP contribution in [0.5, 0.6) is 5.88 Å². The van der Waals surface area contributed by atoms with Crippen LogP contribution in [0.4, 0.5) is 4.79 Å². The summed E-state index contributed by atoms with van der Waals surface area (Å²) in [5, 5.41) is 6.90. The molecule has 0 saturated carbocycles. The Hall–Kier alpha value is -1.24. The summed E-state index contributed by atoms with van der Waals surface area (Å²) < 4.78 is 13.2. The molecule has 0 aromatic carbocycles. The summed E-state index contributed by atoms with van der Waals surface area (Å²) in [5.74, 6) is 0.692. The van der Waals surface area contributed by atoms with Crippen LogP contribution in [0.15, 0.2) is 10.7 Å². The summed E-state index contributed by atoms with van der Waals surface area (Å²) in [6, 6.07) is -0.140. The van der Waals surface area contributed by atoms with Crippen LogP contribution in [0.2, 0.25) is 0 Å². The standard InChI is InChI=1S/C11H16BrN3O3/c1-11(2,3)18-10(16)14-7-5-15-9(17-6-7)8(12)4-13-15/h4,7H,5-6H2,1-3H3,(H,14,16)/t7-/m0/s1. The molecular formula is C11H16BrN3O3. The number of rotatable bonds is 1. The second kappa shape index (κ2) is 4.79. The molecule has 1 N–H and O–H groups in total. The number of carbonyl (C=O) groups is 1. The first-order valence-electron chi connectivity index (χ1n) is 5.69. The molecular weight excluding hydrogens is 302 g/mol. The Bertz CT molecular complexity index is 453. The SMILES string of the molecule is CC(C)(C)OC(=O)N[C@@H]1COc2c(Br)cnn2C1. The highest BCUT2D eigenvalue weighted by molar-refractivity contribution is 9.10. The number of ether oxygens (including phenoxy) is 2. The highest BCUT2D eigenvalue weighted by atomic mass is 79.9. The van der Waals surface area contributed by atoms with Gasteiger partial charge in [-0.15, -0.1) is 0 Å². The second-order valence-corrected chi connectivity index (χ2v) is 5.99. The van der Waals surface area contributed by atoms with Gasteiger partial charge in [0, 0.05) is 0 Å². The van der Waals surface area contributed by atoms with Crippen molar-refractivity contribution in [3.8, 4) is 5.88 Å². The van der Waals surface area contributed by atoms with E-state index in [0.29, 0.717) is 19.0 Å². The normalized spacial score (nSPS) is 18.8. The Morgan fingerprint density at radius 2 is 2.39 bits per heavy atom. The molecule has 1 aromatic heterocycles. The molecule has 100 valence electrons. The van der Waals surface area contributed by atoms with Gasteiger partial charge in [-0.05, 0) is 36.7 Å². The van der Waals surface area contributed by atoms with E-state index in [2.05, 4.69) is 26.3 Å². The fourth-order valence-electron chi connectivity index (χ4n) is 1.63. The lowest BCUT2D eigenvalue weighted by Gasteiger charge is -2.27. The predicted octanol–water partition coefficient (Wildman–Crippen LogP) is 1.93. The first-order chi connectivity index (χ1) is 8.35. The van der Waals surface area contributed by atoms with Crippen LogP contribution in [0.1, 0.15) is 20.8 Å². The van der Waals surface area contributed by atoms with Crippen molar-refractivity contribution < 1.29 is 14.3 Å². The number of nitrogens with one attached hydrogen (secondary N) is 1. The number of amides is 1. The summed E-state index contributed by atoms with van der Waals surface area (Å²) in [6.45, 7) is 6.45. The maximum atomic E-state index is 11.6. The Morgan fingerprint density at radius 1 is 1.67 bits per heavy atom. The molecule has 0 bridgehead atoms. The Balaban J connectivity index is 1.92. The van der Waals surface area contributed by atoms with Gasteiger partial charge in [0.25, 0.3) is 0 Å². The molecule has 1 amide bonds. The number of carbonyl (C=O) groups excluding carboxylic acids is 1. The second-order valence-electron chi connectivity index (χ2n) is 5.13. The minimum absolute atomic E-state index is 0.140. The lowest BCUT2D eigenvalue weighted by Crippen LogP contribution is -2.46. The quantitative estimate of drug-likeness (QED) is 0.859. The number of aromatic nitrogens is 2. The number of fused-ring (bicyclic) bond motifs is 1. The third-order valence-electron chi connectivity index (χ3n) is 2.28. The number of halogens is 1. The van der Waals surface area contributed by atoms with Crippen molar-refractivity contribution in [2.24, 2.45) is 0 Å². The van der Waals surface area contributed by atoms with Crippen LogP contribution in [0.25, 0.3) is 0 Å². The molecule has 0 saturated heterocycles. The van der Waals surface area contributed by atoms with Gasteiger partial charge in [0.1, 0.15) is 12.2 Å². The summed E-state index contributed by atoms with van der Waals surface area (Å²) in [5.41, 5.74) is -0.501. The highest BCUT2D eigenvalue weighted by Crippen LogP contribution is 2.27. The summed E-state index contributed by atoms with van der Waals surface area (Å²) in [4.78, 5) is 11.6. The number of nitrogens with zero attached hydrogens (tertiary/aromatic N) is 2. The summed E-state index contributed by atoms with van der Waals surface area (Å²) in [7, 11) is 0. The van der Waals surface area contributed by atoms with Gasteiger partial charge in [-0.3, -0.25) is 0 Å². The van der Waals surface area contributed by atoms with E-state index in [1.54, 1.807) is 10.9 Å². The molecule has 0 spiro atoms. The van der Waals surface area contributed by atoms with Gasteiger partial charge >= 0.3 is 6.09 Å². The molecule has 1 atom stereocenters. The Labute approximate surface area is 114 Å². The fraction of sp³-hybridized carbons (Fsp3) is 0.636. The van der Waals surface area contributed by atoms with Crippen molar-refractivity contribution in [2.75, 3.05) is 6.61 Å². The largest absolute Gasteiger partial charge is 0.475 e. The maximum Gasteiger partial charge on any atom is 0.408 e. The van der Waals surface area contributed by atoms with E-state index in [9.17, 15) is 4.79 Å². The zero-order valence-electron chi connectivity index (χ0n) is 10.6. The van der Waals surface area contributed by atoms with E-state index in [1.807, 2.05) is 20.8 Å². The van der Waals surface area contributed by atoms with Crippen LogP contribution >= 0.6 is 15.9 Å². The lowest BCUT2D eigenvalue weighted by atomic mass is 10.2. The molecule has 1 aliphatic heterocycles. The number of hydrogen-bond donors (Lipinski definition) is 1. The molecule has 0 unspecified atom stereocenters. The molecule has 1 aliphatic rings. The van der Waals surface area contributed by atoms with E-state index >= 15 is 0 Å². The van der Waals surface area contributed by atoms with Crippen molar-refractivity contribution in [1.29, 1.82) is 0 Å². The minimum atomic E-state index is -0.501. The zero-order chi connectivity index (χ0) is 13.3. The fourth-order valence-corrected chi connectivity index (χ4v) is 2.04. The van der Waals surface area contributed by atoms with Crippen LogP contribution in [-0.2, 0) is 11.3 Å². The Kier molecular flexibility index (Phi) is 3.52. The molecule has 1 aromatic rings. The molecule has 2 heterocycles. The van der Waals surface area contributed by atoms with Crippen LogP contribution < -0.4 is 10.1 Å². The molecule has 6 nitrogen and oxygen atoms in total. The van der Waals surface area contributed by atoms with Gasteiger partial charge in [0.15, 0.2) is 0 Å². The monoisotopic (exact) mass is 317 g/mol. The molecule has 7 heteroatoms. The van der Waals surface area contributed by atoms with Crippen molar-refractivity contribution in [2.45, 2.75) is 39.0 Å². The molecule has 18 heavy (non-hydrogen) atoms. The molecule has 2 rings (SSSR count). The number of alkyl carbamates (subject to hydrolysis) is 1. The predicted molar refractivity (Wildman–Crippen MR) is 68.6 cm³/mol. The van der Waals surface area contributed by atoms with Crippen molar-refractivity contribution in [3.63, 3.8) is 0 Å². The zero-order valence-corrected chi connectivity index (χ0v) is 12.2. The maximum absolute atomic E-state index is 11.6. The van der Waals surface area contributed by atoms with E-state index in [4.69, 9.17) is 9.47 Å². The van der Waals surface area contributed by atoms with Crippen molar-refractivity contribution in [3.05, 3.63) is 10.7 Å². The van der Waals surface area contributed by atoms with Gasteiger partial charge < -0.3 is 14.8 Å². The minimum Gasteiger partial charge on any atom is -0.475 e. The summed E-state index contributed by atoms with van der Waals surface area (Å²) >= 11 is 3.34. The van der Waals surface area contributed by atoms with Gasteiger partial charge in [-0.1, -0.05) is 0 Å². The van der Waals surface area contributed by atoms with Crippen LogP contribution in [0, 0.1) is 0 Å². The topological polar surface area (TPSA) is 65.4 Å². The van der Waals surface area contributed by atoms with E-state index in [-0.39, 0.29) is 6.04 Å². The van der Waals surface area contributed by atoms with E-state index in [0.717, 1.165) is 4.47 Å². The molecule has 0 aliphatic carbocycles. The van der Waals surface area contributed by atoms with Gasteiger partial charge in [-0.2, -0.15) is 5.10 Å². The molecule has 0 radical (unpaired) electrons. The van der Waals surface area contributed by atoms with Crippen LogP contribution in [-0.4, -0.2) is 34.1 Å². The smallest absolute Gasteiger partial charge is 0.408 e. The van der Waals surface area contributed by atoms with Gasteiger partial charge in [-0.25, -0.2) is 9.48 Å². The van der Waals surface area contributed by atoms with Crippen molar-refractivity contribution >= 4 is 22.0 Å². The average Bonchev–Trinajstić information content (AvgIpc) is 2.57. The third-order valence-corrected chi connectivity index (χ3v) is 2.83. The van der Waals surface area contributed by atoms with E-state index < -0.39 is 11.7 Å². The third kappa shape index (κ3) is 3.16. The highest BCUT2D eigenvalue weighted by Gasteiger charge is 2.25. The van der Waals surface area contributed by atoms with Gasteiger partial charge in [0.2, 0.25) is 5.88 Å². The Morgan fingerprint density at radius 3 is 3.06 bits per heavy atom. The summed E-state index contributed by atoms with van der Waals surface area (Å²) in [6.07, 6.45) is 1.23. The first kappa shape index (κ1) is 13.2. The van der Waals surface area contributed by atoms with Gasteiger partial charge in [0.05, 0.1) is 23.3 Å². The van der Waals surface area contributed by atoms with E-state index in [1.165, 1.54) is 0 Å². The average molecular weight is 318 g/mol. The van der Waals surface area contributed by atoms with Crippen LogP contribution in [0.3, 0.4) is 0 Å². The van der Waals surface area contributed by atoms with Crippen molar-refractivity contribution in [1.82, 2.24) is 15.1 Å².